The predicted octanol–water partition coefficient (Wildman–Crippen LogP) is 5.43. The molecule has 1 amide bonds. The van der Waals surface area contributed by atoms with E-state index in [0.717, 1.165) is 22.0 Å². The van der Waals surface area contributed by atoms with Crippen molar-refractivity contribution in [2.45, 2.75) is 23.8 Å². The molecular formula is C21H19ClN2O2S. The van der Waals surface area contributed by atoms with Gasteiger partial charge in [-0.3, -0.25) is 4.79 Å². The van der Waals surface area contributed by atoms with E-state index in [-0.39, 0.29) is 5.91 Å². The molecule has 6 heteroatoms. The van der Waals surface area contributed by atoms with Gasteiger partial charge in [0.05, 0.1) is 10.0 Å². The second-order valence-electron chi connectivity index (χ2n) is 5.84. The summed E-state index contributed by atoms with van der Waals surface area (Å²) in [6.07, 6.45) is 1.11. The van der Waals surface area contributed by atoms with Crippen LogP contribution < -0.4 is 10.1 Å². The Kier molecular flexibility index (Phi) is 6.74. The van der Waals surface area contributed by atoms with Crippen LogP contribution in [0.15, 0.2) is 78.0 Å². The van der Waals surface area contributed by atoms with Crippen molar-refractivity contribution in [2.75, 3.05) is 5.32 Å². The minimum Gasteiger partial charge on any atom is -0.479 e. The van der Waals surface area contributed by atoms with Crippen LogP contribution in [0, 0.1) is 0 Å². The molecule has 0 radical (unpaired) electrons. The number of carbonyl (C=O) groups is 1. The standard InChI is InChI=1S/C21H19ClN2O2S/c1-15(26-19-10-3-2-9-18(19)22)21(25)24-17-8-6-7-16(13-17)14-27-20-11-4-5-12-23-20/h2-13,15H,14H2,1H3,(H,24,25). The molecule has 0 aliphatic carbocycles. The Morgan fingerprint density at radius 2 is 1.96 bits per heavy atom. The molecule has 4 nitrogen and oxygen atoms in total. The average molecular weight is 399 g/mol. The molecule has 138 valence electrons. The van der Waals surface area contributed by atoms with Gasteiger partial charge < -0.3 is 10.1 Å². The summed E-state index contributed by atoms with van der Waals surface area (Å²) in [5, 5.41) is 4.33. The van der Waals surface area contributed by atoms with Gasteiger partial charge >= 0.3 is 0 Å². The van der Waals surface area contributed by atoms with Crippen molar-refractivity contribution >= 4 is 35.0 Å². The second-order valence-corrected chi connectivity index (χ2v) is 7.24. The highest BCUT2D eigenvalue weighted by Gasteiger charge is 2.16. The zero-order valence-corrected chi connectivity index (χ0v) is 16.3. The summed E-state index contributed by atoms with van der Waals surface area (Å²) in [6, 6.07) is 20.7. The van der Waals surface area contributed by atoms with Crippen molar-refractivity contribution in [1.29, 1.82) is 0 Å². The summed E-state index contributed by atoms with van der Waals surface area (Å²) < 4.78 is 5.66. The summed E-state index contributed by atoms with van der Waals surface area (Å²) >= 11 is 7.72. The lowest BCUT2D eigenvalue weighted by molar-refractivity contribution is -0.122. The number of hydrogen-bond donors (Lipinski definition) is 1. The monoisotopic (exact) mass is 398 g/mol. The number of aromatic nitrogens is 1. The molecule has 1 atom stereocenters. The summed E-state index contributed by atoms with van der Waals surface area (Å²) in [5.74, 6) is 1.03. The van der Waals surface area contributed by atoms with Crippen molar-refractivity contribution in [3.05, 3.63) is 83.5 Å². The highest BCUT2D eigenvalue weighted by molar-refractivity contribution is 7.98. The molecule has 0 saturated heterocycles. The molecular weight excluding hydrogens is 380 g/mol. The highest BCUT2D eigenvalue weighted by atomic mass is 35.5. The molecule has 0 spiro atoms. The fraction of sp³-hybridized carbons (Fsp3) is 0.143. The fourth-order valence-corrected chi connectivity index (χ4v) is 3.34. The van der Waals surface area contributed by atoms with Crippen LogP contribution in [0.5, 0.6) is 5.75 Å². The third-order valence-corrected chi connectivity index (χ3v) is 5.06. The number of carbonyl (C=O) groups excluding carboxylic acids is 1. The van der Waals surface area contributed by atoms with E-state index in [2.05, 4.69) is 10.3 Å². The maximum absolute atomic E-state index is 12.4. The Bertz CT molecular complexity index is 905. The number of benzene rings is 2. The molecule has 1 unspecified atom stereocenters. The third kappa shape index (κ3) is 5.74. The van der Waals surface area contributed by atoms with Crippen molar-refractivity contribution in [1.82, 2.24) is 4.98 Å². The predicted molar refractivity (Wildman–Crippen MR) is 110 cm³/mol. The summed E-state index contributed by atoms with van der Waals surface area (Å²) in [6.45, 7) is 1.69. The quantitative estimate of drug-likeness (QED) is 0.539. The van der Waals surface area contributed by atoms with Crippen LogP contribution in [0.2, 0.25) is 5.02 Å². The molecule has 1 aromatic heterocycles. The molecule has 3 rings (SSSR count). The number of hydrogen-bond acceptors (Lipinski definition) is 4. The molecule has 27 heavy (non-hydrogen) atoms. The van der Waals surface area contributed by atoms with Gasteiger partial charge in [0.1, 0.15) is 5.75 Å². The molecule has 2 aromatic carbocycles. The lowest BCUT2D eigenvalue weighted by Crippen LogP contribution is -2.30. The largest absolute Gasteiger partial charge is 0.479 e. The van der Waals surface area contributed by atoms with Gasteiger partial charge in [-0.05, 0) is 48.9 Å². The molecule has 0 aliphatic rings. The van der Waals surface area contributed by atoms with E-state index in [1.807, 2.05) is 54.6 Å². The second kappa shape index (κ2) is 9.44. The summed E-state index contributed by atoms with van der Waals surface area (Å²) in [4.78, 5) is 16.7. The lowest BCUT2D eigenvalue weighted by Gasteiger charge is -2.16. The maximum atomic E-state index is 12.4. The van der Waals surface area contributed by atoms with Crippen LogP contribution in [-0.4, -0.2) is 17.0 Å². The van der Waals surface area contributed by atoms with E-state index in [1.165, 1.54) is 0 Å². The first-order chi connectivity index (χ1) is 13.1. The first kappa shape index (κ1) is 19.3. The van der Waals surface area contributed by atoms with Crippen LogP contribution in [0.1, 0.15) is 12.5 Å². The lowest BCUT2D eigenvalue weighted by atomic mass is 10.2. The Labute approximate surface area is 167 Å². The van der Waals surface area contributed by atoms with Gasteiger partial charge in [0.25, 0.3) is 5.91 Å². The zero-order valence-electron chi connectivity index (χ0n) is 14.8. The van der Waals surface area contributed by atoms with Crippen LogP contribution >= 0.6 is 23.4 Å². The van der Waals surface area contributed by atoms with Gasteiger partial charge in [-0.15, -0.1) is 11.8 Å². The van der Waals surface area contributed by atoms with Gasteiger partial charge in [-0.2, -0.15) is 0 Å². The van der Waals surface area contributed by atoms with Crippen LogP contribution in [0.4, 0.5) is 5.69 Å². The van der Waals surface area contributed by atoms with Crippen LogP contribution in [-0.2, 0) is 10.5 Å². The van der Waals surface area contributed by atoms with Crippen molar-refractivity contribution < 1.29 is 9.53 Å². The number of pyridine rings is 1. The van der Waals surface area contributed by atoms with Crippen molar-refractivity contribution in [2.24, 2.45) is 0 Å². The smallest absolute Gasteiger partial charge is 0.265 e. The number of nitrogens with one attached hydrogen (secondary N) is 1. The highest BCUT2D eigenvalue weighted by Crippen LogP contribution is 2.25. The Balaban J connectivity index is 1.58. The van der Waals surface area contributed by atoms with Gasteiger partial charge in [0.2, 0.25) is 0 Å². The molecule has 1 heterocycles. The number of rotatable bonds is 7. The first-order valence-electron chi connectivity index (χ1n) is 8.46. The fourth-order valence-electron chi connectivity index (χ4n) is 2.36. The van der Waals surface area contributed by atoms with Crippen molar-refractivity contribution in [3.8, 4) is 5.75 Å². The van der Waals surface area contributed by atoms with Crippen LogP contribution in [0.25, 0.3) is 0 Å². The molecule has 1 N–H and O–H groups in total. The maximum Gasteiger partial charge on any atom is 0.265 e. The normalized spacial score (nSPS) is 11.6. The van der Waals surface area contributed by atoms with E-state index >= 15 is 0 Å². The van der Waals surface area contributed by atoms with E-state index in [0.29, 0.717) is 10.8 Å². The van der Waals surface area contributed by atoms with E-state index in [4.69, 9.17) is 16.3 Å². The van der Waals surface area contributed by atoms with Gasteiger partial charge in [0.15, 0.2) is 6.10 Å². The van der Waals surface area contributed by atoms with E-state index in [1.54, 1.807) is 37.0 Å². The molecule has 0 saturated carbocycles. The molecule has 0 bridgehead atoms. The van der Waals surface area contributed by atoms with Crippen molar-refractivity contribution in [3.63, 3.8) is 0 Å². The minimum absolute atomic E-state index is 0.232. The Morgan fingerprint density at radius 1 is 1.15 bits per heavy atom. The van der Waals surface area contributed by atoms with Gasteiger partial charge in [-0.25, -0.2) is 4.98 Å². The summed E-state index contributed by atoms with van der Waals surface area (Å²) in [7, 11) is 0. The zero-order chi connectivity index (χ0) is 19.1. The van der Waals surface area contributed by atoms with E-state index in [9.17, 15) is 4.79 Å². The number of anilines is 1. The SMILES string of the molecule is CC(Oc1ccccc1Cl)C(=O)Nc1cccc(CSc2ccccn2)c1. The third-order valence-electron chi connectivity index (χ3n) is 3.73. The number of amides is 1. The van der Waals surface area contributed by atoms with Crippen LogP contribution in [0.3, 0.4) is 0 Å². The number of para-hydroxylation sites is 1. The number of nitrogens with zero attached hydrogens (tertiary/aromatic N) is 1. The Morgan fingerprint density at radius 3 is 2.74 bits per heavy atom. The number of ether oxygens (including phenoxy) is 1. The molecule has 3 aromatic rings. The van der Waals surface area contributed by atoms with Gasteiger partial charge in [0, 0.05) is 17.6 Å². The Hall–Kier alpha value is -2.50. The number of halogens is 1. The summed E-state index contributed by atoms with van der Waals surface area (Å²) in [5.41, 5.74) is 1.83. The molecule has 0 aliphatic heterocycles. The minimum atomic E-state index is -0.670. The van der Waals surface area contributed by atoms with Gasteiger partial charge in [-0.1, -0.05) is 41.9 Å². The topological polar surface area (TPSA) is 51.2 Å². The first-order valence-corrected chi connectivity index (χ1v) is 9.83. The number of thioether (sulfide) groups is 1. The van der Waals surface area contributed by atoms with E-state index < -0.39 is 6.10 Å². The molecule has 0 fully saturated rings. The average Bonchev–Trinajstić information content (AvgIpc) is 2.69.